The summed E-state index contributed by atoms with van der Waals surface area (Å²) < 4.78 is 0. The van der Waals surface area contributed by atoms with E-state index >= 15 is 0 Å². The van der Waals surface area contributed by atoms with Crippen molar-refractivity contribution in [3.05, 3.63) is 93.3 Å². The molecule has 0 unspecified atom stereocenters. The van der Waals surface area contributed by atoms with Crippen LogP contribution >= 0.6 is 23.7 Å². The Morgan fingerprint density at radius 2 is 1.75 bits per heavy atom. The monoisotopic (exact) mass is 515 g/mol. The molecule has 0 radical (unpaired) electrons. The lowest BCUT2D eigenvalue weighted by atomic mass is 9.90. The second-order valence-corrected chi connectivity index (χ2v) is 10.4. The van der Waals surface area contributed by atoms with Gasteiger partial charge < -0.3 is 4.90 Å². The number of aliphatic imine (C=N–C) groups is 1. The van der Waals surface area contributed by atoms with Crippen molar-refractivity contribution in [1.29, 1.82) is 0 Å². The number of thiazole rings is 1. The number of fused-ring (bicyclic) bond motifs is 1. The van der Waals surface area contributed by atoms with Crippen LogP contribution in [0.15, 0.2) is 71.0 Å². The molecular weight excluding hydrogens is 482 g/mol. The topological polar surface area (TPSA) is 28.5 Å². The molecule has 4 aromatic rings. The minimum atomic E-state index is 0. The first-order chi connectivity index (χ1) is 17.1. The van der Waals surface area contributed by atoms with Gasteiger partial charge in [0.05, 0.1) is 22.7 Å². The SMILES string of the molecule is CCN(C)C=Nc1cc(-c2ccccc2)c(Cc2nc(-c3ccc4c(c3)CCCC4)cs2)cc1C.Cl. The number of hydrogen-bond donors (Lipinski definition) is 0. The van der Waals surface area contributed by atoms with Crippen LogP contribution in [-0.2, 0) is 19.3 Å². The zero-order valence-corrected chi connectivity index (χ0v) is 23.0. The van der Waals surface area contributed by atoms with Crippen LogP contribution in [0.4, 0.5) is 5.69 Å². The molecule has 5 rings (SSSR count). The molecule has 1 aromatic heterocycles. The summed E-state index contributed by atoms with van der Waals surface area (Å²) in [6, 6.07) is 22.1. The van der Waals surface area contributed by atoms with Crippen LogP contribution in [0.5, 0.6) is 0 Å². The largest absolute Gasteiger partial charge is 0.366 e. The van der Waals surface area contributed by atoms with Crippen LogP contribution < -0.4 is 0 Å². The van der Waals surface area contributed by atoms with Gasteiger partial charge in [0, 0.05) is 31.0 Å². The van der Waals surface area contributed by atoms with Crippen molar-refractivity contribution < 1.29 is 0 Å². The van der Waals surface area contributed by atoms with Gasteiger partial charge in [0.2, 0.25) is 0 Å². The van der Waals surface area contributed by atoms with Crippen molar-refractivity contribution in [3.8, 4) is 22.4 Å². The molecule has 0 fully saturated rings. The molecule has 0 spiro atoms. The normalized spacial score (nSPS) is 12.9. The maximum atomic E-state index is 5.06. The third-order valence-electron chi connectivity index (χ3n) is 6.94. The molecule has 1 heterocycles. The Balaban J connectivity index is 0.00000304. The molecule has 0 N–H and O–H groups in total. The van der Waals surface area contributed by atoms with Crippen molar-refractivity contribution in [3.63, 3.8) is 0 Å². The highest BCUT2D eigenvalue weighted by molar-refractivity contribution is 7.10. The fourth-order valence-corrected chi connectivity index (χ4v) is 5.58. The standard InChI is InChI=1S/C31H33N3S.ClH/c1-4-34(3)21-32-29-19-28(24-11-6-5-7-12-24)27(16-22(29)2)18-31-33-30(20-35-31)26-15-14-23-10-8-9-13-25(23)17-26;/h5-7,11-12,14-17,19-21H,4,8-10,13,18H2,1-3H3;1H. The predicted octanol–water partition coefficient (Wildman–Crippen LogP) is 8.29. The van der Waals surface area contributed by atoms with Crippen molar-refractivity contribution in [2.24, 2.45) is 4.99 Å². The highest BCUT2D eigenvalue weighted by Crippen LogP contribution is 2.34. The van der Waals surface area contributed by atoms with Gasteiger partial charge in [0.15, 0.2) is 0 Å². The Kier molecular flexibility index (Phi) is 8.60. The fraction of sp³-hybridized carbons (Fsp3) is 0.290. The molecule has 36 heavy (non-hydrogen) atoms. The fourth-order valence-electron chi connectivity index (χ4n) is 4.75. The maximum Gasteiger partial charge on any atom is 0.0976 e. The van der Waals surface area contributed by atoms with E-state index in [1.54, 1.807) is 11.3 Å². The molecule has 3 nitrogen and oxygen atoms in total. The number of rotatable bonds is 7. The van der Waals surface area contributed by atoms with E-state index in [-0.39, 0.29) is 12.4 Å². The van der Waals surface area contributed by atoms with Crippen LogP contribution in [0.25, 0.3) is 22.4 Å². The summed E-state index contributed by atoms with van der Waals surface area (Å²) in [6.45, 7) is 5.21. The van der Waals surface area contributed by atoms with Crippen LogP contribution in [0.3, 0.4) is 0 Å². The second kappa shape index (κ2) is 11.9. The van der Waals surface area contributed by atoms with Crippen LogP contribution in [0, 0.1) is 6.92 Å². The van der Waals surface area contributed by atoms with Gasteiger partial charge in [-0.2, -0.15) is 0 Å². The van der Waals surface area contributed by atoms with Crippen LogP contribution in [-0.4, -0.2) is 29.8 Å². The van der Waals surface area contributed by atoms with Gasteiger partial charge in [-0.05, 0) is 85.0 Å². The van der Waals surface area contributed by atoms with Gasteiger partial charge in [0.1, 0.15) is 0 Å². The molecule has 5 heteroatoms. The number of aryl methyl sites for hydroxylation is 3. The first-order valence-corrected chi connectivity index (χ1v) is 13.5. The first kappa shape index (κ1) is 26.1. The second-order valence-electron chi connectivity index (χ2n) is 9.47. The highest BCUT2D eigenvalue weighted by Gasteiger charge is 2.14. The molecule has 1 aliphatic carbocycles. The van der Waals surface area contributed by atoms with Gasteiger partial charge in [0.25, 0.3) is 0 Å². The molecule has 3 aromatic carbocycles. The van der Waals surface area contributed by atoms with Crippen LogP contribution in [0.2, 0.25) is 0 Å². The van der Waals surface area contributed by atoms with Crippen molar-refractivity contribution in [1.82, 2.24) is 9.88 Å². The van der Waals surface area contributed by atoms with E-state index in [2.05, 4.69) is 84.8 Å². The summed E-state index contributed by atoms with van der Waals surface area (Å²) in [5, 5.41) is 3.37. The zero-order chi connectivity index (χ0) is 24.2. The van der Waals surface area contributed by atoms with E-state index in [0.29, 0.717) is 0 Å². The highest BCUT2D eigenvalue weighted by atomic mass is 35.5. The summed E-state index contributed by atoms with van der Waals surface area (Å²) in [6.07, 6.45) is 7.77. The Morgan fingerprint density at radius 3 is 2.53 bits per heavy atom. The van der Waals surface area contributed by atoms with Gasteiger partial charge in [-0.3, -0.25) is 0 Å². The smallest absolute Gasteiger partial charge is 0.0976 e. The molecular formula is C31H34ClN3S. The lowest BCUT2D eigenvalue weighted by Gasteiger charge is -2.16. The van der Waals surface area contributed by atoms with Crippen molar-refractivity contribution in [2.45, 2.75) is 46.0 Å². The van der Waals surface area contributed by atoms with E-state index < -0.39 is 0 Å². The van der Waals surface area contributed by atoms with Crippen molar-refractivity contribution >= 4 is 35.8 Å². The van der Waals surface area contributed by atoms with E-state index in [1.165, 1.54) is 64.6 Å². The quantitative estimate of drug-likeness (QED) is 0.183. The summed E-state index contributed by atoms with van der Waals surface area (Å²) in [4.78, 5) is 11.9. The Hall–Kier alpha value is -2.95. The average molecular weight is 516 g/mol. The summed E-state index contributed by atoms with van der Waals surface area (Å²) in [5.41, 5.74) is 11.3. The lowest BCUT2D eigenvalue weighted by molar-refractivity contribution is 0.552. The molecule has 0 atom stereocenters. The number of benzene rings is 3. The van der Waals surface area contributed by atoms with E-state index in [1.807, 2.05) is 13.4 Å². The molecule has 0 aliphatic heterocycles. The molecule has 0 bridgehead atoms. The Morgan fingerprint density at radius 1 is 0.972 bits per heavy atom. The average Bonchev–Trinajstić information content (AvgIpc) is 3.36. The lowest BCUT2D eigenvalue weighted by Crippen LogP contribution is -2.14. The third kappa shape index (κ3) is 5.88. The van der Waals surface area contributed by atoms with Crippen LogP contribution in [0.1, 0.15) is 47.0 Å². The molecule has 0 amide bonds. The number of aromatic nitrogens is 1. The number of hydrogen-bond acceptors (Lipinski definition) is 3. The van der Waals surface area contributed by atoms with Crippen molar-refractivity contribution in [2.75, 3.05) is 13.6 Å². The first-order valence-electron chi connectivity index (χ1n) is 12.6. The van der Waals surface area contributed by atoms with Gasteiger partial charge in [-0.15, -0.1) is 23.7 Å². The molecule has 186 valence electrons. The molecule has 0 saturated heterocycles. The van der Waals surface area contributed by atoms with Gasteiger partial charge in [-0.25, -0.2) is 9.98 Å². The Bertz CT molecular complexity index is 1340. The zero-order valence-electron chi connectivity index (χ0n) is 21.3. The van der Waals surface area contributed by atoms with Gasteiger partial charge in [-0.1, -0.05) is 48.5 Å². The van der Waals surface area contributed by atoms with E-state index in [9.17, 15) is 0 Å². The van der Waals surface area contributed by atoms with Gasteiger partial charge >= 0.3 is 0 Å². The minimum Gasteiger partial charge on any atom is -0.366 e. The third-order valence-corrected chi connectivity index (χ3v) is 7.79. The summed E-state index contributed by atoms with van der Waals surface area (Å²) in [7, 11) is 2.05. The maximum absolute atomic E-state index is 5.06. The molecule has 0 saturated carbocycles. The predicted molar refractivity (Wildman–Crippen MR) is 157 cm³/mol. The number of halogens is 1. The number of nitrogens with zero attached hydrogens (tertiary/aromatic N) is 3. The summed E-state index contributed by atoms with van der Waals surface area (Å²) in [5.74, 6) is 0. The minimum absolute atomic E-state index is 0. The van der Waals surface area contributed by atoms with E-state index in [0.717, 1.165) is 29.4 Å². The Labute approximate surface area is 225 Å². The van der Waals surface area contributed by atoms with E-state index in [4.69, 9.17) is 9.98 Å². The summed E-state index contributed by atoms with van der Waals surface area (Å²) >= 11 is 1.76. The molecule has 1 aliphatic rings.